The molecule has 2 aromatic carbocycles. The lowest BCUT2D eigenvalue weighted by molar-refractivity contribution is -0.120. The van der Waals surface area contributed by atoms with Gasteiger partial charge in [-0.25, -0.2) is 9.71 Å². The molecule has 7 nitrogen and oxygen atoms in total. The van der Waals surface area contributed by atoms with Gasteiger partial charge in [0, 0.05) is 18.7 Å². The summed E-state index contributed by atoms with van der Waals surface area (Å²) in [7, 11) is -4.14. The molecule has 0 spiro atoms. The number of carbonyl (C=O) groups is 1. The monoisotopic (exact) mass is 450 g/mol. The summed E-state index contributed by atoms with van der Waals surface area (Å²) in [6.07, 6.45) is 0.422. The number of anilines is 2. The van der Waals surface area contributed by atoms with Crippen LogP contribution in [0.1, 0.15) is 27.8 Å². The largest absolute Gasteiger partial charge is 0.384 e. The van der Waals surface area contributed by atoms with Gasteiger partial charge in [0.1, 0.15) is 11.9 Å². The number of fused-ring (bicyclic) bond motifs is 1. The van der Waals surface area contributed by atoms with Crippen LogP contribution in [0.3, 0.4) is 0 Å². The number of hydrogen-bond acceptors (Lipinski definition) is 6. The molecule has 0 saturated carbocycles. The van der Waals surface area contributed by atoms with Crippen molar-refractivity contribution in [3.05, 3.63) is 82.4 Å². The third kappa shape index (κ3) is 4.18. The fourth-order valence-electron chi connectivity index (χ4n) is 4.34. The Morgan fingerprint density at radius 3 is 2.47 bits per heavy atom. The number of nitrogen functional groups attached to an aromatic ring is 1. The summed E-state index contributed by atoms with van der Waals surface area (Å²) < 4.78 is 27.7. The summed E-state index contributed by atoms with van der Waals surface area (Å²) in [4.78, 5) is 19.0. The highest BCUT2D eigenvalue weighted by molar-refractivity contribution is 7.90. The molecule has 8 heteroatoms. The van der Waals surface area contributed by atoms with Crippen LogP contribution >= 0.6 is 0 Å². The molecule has 0 fully saturated rings. The first-order valence-electron chi connectivity index (χ1n) is 10.4. The van der Waals surface area contributed by atoms with Crippen molar-refractivity contribution in [2.75, 3.05) is 10.6 Å². The zero-order chi connectivity index (χ0) is 23.0. The lowest BCUT2D eigenvalue weighted by atomic mass is 9.99. The maximum Gasteiger partial charge on any atom is 0.281 e. The van der Waals surface area contributed by atoms with Gasteiger partial charge in [-0.3, -0.25) is 4.79 Å². The number of nitrogens with two attached hydrogens (primary N) is 1. The van der Waals surface area contributed by atoms with Crippen molar-refractivity contribution in [3.63, 3.8) is 0 Å². The van der Waals surface area contributed by atoms with Crippen molar-refractivity contribution in [1.29, 1.82) is 0 Å². The van der Waals surface area contributed by atoms with Crippen LogP contribution in [-0.2, 0) is 27.8 Å². The minimum Gasteiger partial charge on any atom is -0.384 e. The summed E-state index contributed by atoms with van der Waals surface area (Å²) in [5.41, 5.74) is 12.2. The summed E-state index contributed by atoms with van der Waals surface area (Å²) >= 11 is 0. The zero-order valence-corrected chi connectivity index (χ0v) is 19.1. The number of sulfonamides is 1. The predicted molar refractivity (Wildman–Crippen MR) is 125 cm³/mol. The molecule has 3 aromatic rings. The van der Waals surface area contributed by atoms with Crippen LogP contribution < -0.4 is 15.4 Å². The van der Waals surface area contributed by atoms with Crippen LogP contribution in [-0.4, -0.2) is 25.4 Å². The minimum absolute atomic E-state index is 0.0699. The van der Waals surface area contributed by atoms with Crippen molar-refractivity contribution in [2.45, 2.75) is 44.8 Å². The van der Waals surface area contributed by atoms with E-state index in [2.05, 4.69) is 42.6 Å². The van der Waals surface area contributed by atoms with E-state index in [1.165, 1.54) is 23.8 Å². The van der Waals surface area contributed by atoms with E-state index < -0.39 is 22.0 Å². The first kappa shape index (κ1) is 21.8. The Bertz CT molecular complexity index is 1280. The van der Waals surface area contributed by atoms with Crippen LogP contribution in [0.25, 0.3) is 0 Å². The van der Waals surface area contributed by atoms with Crippen LogP contribution in [0.4, 0.5) is 11.5 Å². The van der Waals surface area contributed by atoms with E-state index in [9.17, 15) is 13.2 Å². The molecule has 32 heavy (non-hydrogen) atoms. The predicted octanol–water partition coefficient (Wildman–Crippen LogP) is 3.03. The summed E-state index contributed by atoms with van der Waals surface area (Å²) in [5, 5.41) is -0.280. The molecule has 3 N–H and O–H groups in total. The van der Waals surface area contributed by atoms with Gasteiger partial charge in [-0.15, -0.1) is 0 Å². The zero-order valence-electron chi connectivity index (χ0n) is 18.3. The lowest BCUT2D eigenvalue weighted by Crippen LogP contribution is -2.47. The normalized spacial score (nSPS) is 15.5. The Hall–Kier alpha value is -3.39. The summed E-state index contributed by atoms with van der Waals surface area (Å²) in [6, 6.07) is 15.7. The van der Waals surface area contributed by atoms with E-state index in [1.807, 2.05) is 29.2 Å². The number of nitrogens with one attached hydrogen (secondary N) is 1. The highest BCUT2D eigenvalue weighted by atomic mass is 32.2. The maximum absolute atomic E-state index is 13.2. The Morgan fingerprint density at radius 1 is 1.09 bits per heavy atom. The second-order valence-corrected chi connectivity index (χ2v) is 9.85. The van der Waals surface area contributed by atoms with E-state index in [0.29, 0.717) is 13.0 Å². The van der Waals surface area contributed by atoms with Crippen LogP contribution in [0, 0.1) is 20.8 Å². The number of benzene rings is 2. The maximum atomic E-state index is 13.2. The third-order valence-corrected chi connectivity index (χ3v) is 7.07. The molecule has 1 amide bonds. The fourth-order valence-corrected chi connectivity index (χ4v) is 5.33. The first-order valence-corrected chi connectivity index (χ1v) is 11.8. The number of aromatic nitrogens is 1. The quantitative estimate of drug-likeness (QED) is 0.619. The van der Waals surface area contributed by atoms with Gasteiger partial charge in [-0.2, -0.15) is 8.42 Å². The number of hydrogen-bond donors (Lipinski definition) is 2. The van der Waals surface area contributed by atoms with E-state index >= 15 is 0 Å². The topological polar surface area (TPSA) is 105 Å². The number of aryl methyl sites for hydroxylation is 3. The molecule has 1 aliphatic heterocycles. The molecule has 0 bridgehead atoms. The van der Waals surface area contributed by atoms with Gasteiger partial charge in [-0.1, -0.05) is 42.0 Å². The average molecular weight is 451 g/mol. The molecule has 0 aliphatic carbocycles. The van der Waals surface area contributed by atoms with E-state index in [-0.39, 0.29) is 10.8 Å². The number of para-hydroxylation sites is 1. The third-order valence-electron chi connectivity index (χ3n) is 5.82. The second-order valence-electron chi connectivity index (χ2n) is 8.22. The van der Waals surface area contributed by atoms with Crippen molar-refractivity contribution in [2.24, 2.45) is 0 Å². The van der Waals surface area contributed by atoms with Gasteiger partial charge >= 0.3 is 0 Å². The summed E-state index contributed by atoms with van der Waals surface area (Å²) in [6.45, 7) is 6.68. The molecule has 4 rings (SSSR count). The van der Waals surface area contributed by atoms with Gasteiger partial charge in [0.15, 0.2) is 5.03 Å². The van der Waals surface area contributed by atoms with Gasteiger partial charge < -0.3 is 10.6 Å². The highest BCUT2D eigenvalue weighted by Crippen LogP contribution is 2.34. The van der Waals surface area contributed by atoms with Crippen molar-refractivity contribution in [3.8, 4) is 0 Å². The highest BCUT2D eigenvalue weighted by Gasteiger charge is 2.36. The molecule has 0 saturated heterocycles. The van der Waals surface area contributed by atoms with E-state index in [4.69, 9.17) is 5.73 Å². The molecule has 1 aliphatic rings. The fraction of sp³-hybridized carbons (Fsp3) is 0.250. The number of carbonyl (C=O) groups excluding carboxylic acids is 1. The van der Waals surface area contributed by atoms with Gasteiger partial charge in [0.25, 0.3) is 15.9 Å². The summed E-state index contributed by atoms with van der Waals surface area (Å²) in [5.74, 6) is -0.520. The van der Waals surface area contributed by atoms with Crippen LogP contribution in [0.2, 0.25) is 0 Å². The molecular weight excluding hydrogens is 424 g/mol. The number of rotatable bonds is 5. The molecule has 2 heterocycles. The minimum atomic E-state index is -4.14. The van der Waals surface area contributed by atoms with Crippen molar-refractivity contribution < 1.29 is 13.2 Å². The first-order chi connectivity index (χ1) is 15.2. The van der Waals surface area contributed by atoms with Gasteiger partial charge in [0.2, 0.25) is 0 Å². The Balaban J connectivity index is 1.66. The average Bonchev–Trinajstić information content (AvgIpc) is 3.09. The molecule has 0 radical (unpaired) electrons. The molecular formula is C24H26N4O3S. The Kier molecular flexibility index (Phi) is 5.64. The van der Waals surface area contributed by atoms with Gasteiger partial charge in [0.05, 0.1) is 0 Å². The molecule has 1 aromatic heterocycles. The molecule has 166 valence electrons. The second kappa shape index (κ2) is 8.27. The smallest absolute Gasteiger partial charge is 0.281 e. The van der Waals surface area contributed by atoms with E-state index in [1.54, 1.807) is 0 Å². The standard InChI is InChI=1S/C24H26N4O3S/c1-15-11-16(2)19(17(3)12-15)14-28-20-8-5-4-7-18(20)13-21(28)24(29)27-32(30,31)23-10-6-9-22(25)26-23/h4-12,21H,13-14H2,1-3H3,(H2,25,26)(H,27,29). The number of pyridine rings is 1. The SMILES string of the molecule is Cc1cc(C)c(CN2c3ccccc3CC2C(=O)NS(=O)(=O)c2cccc(N)n2)c(C)c1. The Morgan fingerprint density at radius 2 is 1.78 bits per heavy atom. The van der Waals surface area contributed by atoms with E-state index in [0.717, 1.165) is 27.9 Å². The Labute approximate surface area is 188 Å². The van der Waals surface area contributed by atoms with Crippen molar-refractivity contribution in [1.82, 2.24) is 9.71 Å². The van der Waals surface area contributed by atoms with Crippen LogP contribution in [0.5, 0.6) is 0 Å². The molecule has 1 unspecified atom stereocenters. The van der Waals surface area contributed by atoms with Crippen molar-refractivity contribution >= 4 is 27.4 Å². The lowest BCUT2D eigenvalue weighted by Gasteiger charge is -2.28. The molecule has 1 atom stereocenters. The number of amides is 1. The number of nitrogens with zero attached hydrogens (tertiary/aromatic N) is 2. The van der Waals surface area contributed by atoms with Gasteiger partial charge in [-0.05, 0) is 61.2 Å². The van der Waals surface area contributed by atoms with Crippen LogP contribution in [0.15, 0.2) is 59.6 Å².